The highest BCUT2D eigenvalue weighted by atomic mass is 16.5. The normalized spacial score (nSPS) is 14.2. The number of unbranched alkanes of at least 4 members (excludes halogenated alkanes) is 1. The van der Waals surface area contributed by atoms with Gasteiger partial charge in [0.05, 0.1) is 6.10 Å². The molecule has 18 heavy (non-hydrogen) atoms. The van der Waals surface area contributed by atoms with Crippen molar-refractivity contribution in [1.29, 1.82) is 0 Å². The molecule has 0 aliphatic rings. The van der Waals surface area contributed by atoms with Crippen LogP contribution < -0.4 is 10.1 Å². The standard InChI is InChI=1S/C16H27NO/c1-5-7-12-17-14(4)15-8-10-16(11-9-15)18-13(3)6-2/h8-11,13-14,17H,5-7,12H2,1-4H3/t13-,14-/m0/s1. The van der Waals surface area contributed by atoms with Crippen LogP contribution in [0.2, 0.25) is 0 Å². The summed E-state index contributed by atoms with van der Waals surface area (Å²) < 4.78 is 5.78. The first kappa shape index (κ1) is 15.0. The predicted octanol–water partition coefficient (Wildman–Crippen LogP) is 4.31. The molecule has 0 saturated carbocycles. The number of nitrogens with one attached hydrogen (secondary N) is 1. The number of hydrogen-bond donors (Lipinski definition) is 1. The maximum absolute atomic E-state index is 5.78. The maximum atomic E-state index is 5.78. The zero-order valence-electron chi connectivity index (χ0n) is 12.2. The second kappa shape index (κ2) is 8.15. The van der Waals surface area contributed by atoms with Gasteiger partial charge in [-0.3, -0.25) is 0 Å². The monoisotopic (exact) mass is 249 g/mol. The average molecular weight is 249 g/mol. The van der Waals surface area contributed by atoms with Crippen LogP contribution in [0.4, 0.5) is 0 Å². The van der Waals surface area contributed by atoms with E-state index in [9.17, 15) is 0 Å². The van der Waals surface area contributed by atoms with E-state index in [1.165, 1.54) is 18.4 Å². The Bertz CT molecular complexity index is 320. The Balaban J connectivity index is 2.48. The van der Waals surface area contributed by atoms with Crippen LogP contribution in [0.5, 0.6) is 5.75 Å². The zero-order valence-corrected chi connectivity index (χ0v) is 12.2. The minimum atomic E-state index is 0.288. The Labute approximate surface area is 112 Å². The van der Waals surface area contributed by atoms with Gasteiger partial charge < -0.3 is 10.1 Å². The highest BCUT2D eigenvalue weighted by Crippen LogP contribution is 2.19. The van der Waals surface area contributed by atoms with Crippen LogP contribution in [0, 0.1) is 0 Å². The van der Waals surface area contributed by atoms with Crippen LogP contribution in [0.25, 0.3) is 0 Å². The van der Waals surface area contributed by atoms with E-state index in [1.807, 2.05) is 0 Å². The van der Waals surface area contributed by atoms with Crippen molar-refractivity contribution >= 4 is 0 Å². The van der Waals surface area contributed by atoms with E-state index < -0.39 is 0 Å². The first-order valence-corrected chi connectivity index (χ1v) is 7.17. The minimum Gasteiger partial charge on any atom is -0.491 e. The van der Waals surface area contributed by atoms with Gasteiger partial charge in [-0.15, -0.1) is 0 Å². The van der Waals surface area contributed by atoms with Crippen LogP contribution in [-0.4, -0.2) is 12.6 Å². The number of benzene rings is 1. The SMILES string of the molecule is CCCCN[C@@H](C)c1ccc(O[C@@H](C)CC)cc1. The highest BCUT2D eigenvalue weighted by Gasteiger charge is 2.05. The van der Waals surface area contributed by atoms with Gasteiger partial charge in [-0.1, -0.05) is 32.4 Å². The van der Waals surface area contributed by atoms with Gasteiger partial charge in [0.1, 0.15) is 5.75 Å². The molecular weight excluding hydrogens is 222 g/mol. The molecule has 1 aromatic carbocycles. The van der Waals surface area contributed by atoms with Crippen molar-refractivity contribution in [1.82, 2.24) is 5.32 Å². The van der Waals surface area contributed by atoms with Crippen LogP contribution in [-0.2, 0) is 0 Å². The lowest BCUT2D eigenvalue weighted by molar-refractivity contribution is 0.217. The molecule has 0 radical (unpaired) electrons. The molecule has 1 rings (SSSR count). The van der Waals surface area contributed by atoms with Gasteiger partial charge in [0.2, 0.25) is 0 Å². The van der Waals surface area contributed by atoms with Crippen LogP contribution >= 0.6 is 0 Å². The van der Waals surface area contributed by atoms with Crippen LogP contribution in [0.15, 0.2) is 24.3 Å². The molecule has 0 amide bonds. The van der Waals surface area contributed by atoms with Gasteiger partial charge in [0.25, 0.3) is 0 Å². The van der Waals surface area contributed by atoms with Crippen molar-refractivity contribution in [2.75, 3.05) is 6.54 Å². The summed E-state index contributed by atoms with van der Waals surface area (Å²) in [6.45, 7) is 9.75. The summed E-state index contributed by atoms with van der Waals surface area (Å²) >= 11 is 0. The number of rotatable bonds is 8. The molecule has 0 aliphatic heterocycles. The molecule has 0 spiro atoms. The summed E-state index contributed by atoms with van der Waals surface area (Å²) in [5.74, 6) is 0.967. The minimum absolute atomic E-state index is 0.288. The molecule has 1 aromatic rings. The average Bonchev–Trinajstić information content (AvgIpc) is 2.39. The fourth-order valence-corrected chi connectivity index (χ4v) is 1.76. The van der Waals surface area contributed by atoms with E-state index in [-0.39, 0.29) is 6.10 Å². The topological polar surface area (TPSA) is 21.3 Å². The van der Waals surface area contributed by atoms with E-state index >= 15 is 0 Å². The van der Waals surface area contributed by atoms with Crippen LogP contribution in [0.1, 0.15) is 58.6 Å². The second-order valence-electron chi connectivity index (χ2n) is 4.94. The Morgan fingerprint density at radius 2 is 1.78 bits per heavy atom. The molecule has 2 nitrogen and oxygen atoms in total. The van der Waals surface area contributed by atoms with E-state index in [2.05, 4.69) is 57.3 Å². The Morgan fingerprint density at radius 1 is 1.11 bits per heavy atom. The van der Waals surface area contributed by atoms with Crippen molar-refractivity contribution in [2.24, 2.45) is 0 Å². The predicted molar refractivity (Wildman–Crippen MR) is 78.1 cm³/mol. The summed E-state index contributed by atoms with van der Waals surface area (Å²) in [6, 6.07) is 8.86. The van der Waals surface area contributed by atoms with E-state index in [0.717, 1.165) is 18.7 Å². The summed E-state index contributed by atoms with van der Waals surface area (Å²) in [7, 11) is 0. The number of hydrogen-bond acceptors (Lipinski definition) is 2. The van der Waals surface area contributed by atoms with Crippen molar-refractivity contribution in [2.45, 2.75) is 59.1 Å². The largest absolute Gasteiger partial charge is 0.491 e. The van der Waals surface area contributed by atoms with Gasteiger partial charge in [-0.05, 0) is 50.9 Å². The summed E-state index contributed by atoms with van der Waals surface area (Å²) in [4.78, 5) is 0. The van der Waals surface area contributed by atoms with Crippen LogP contribution in [0.3, 0.4) is 0 Å². The lowest BCUT2D eigenvalue weighted by Gasteiger charge is -2.16. The van der Waals surface area contributed by atoms with E-state index in [1.54, 1.807) is 0 Å². The lowest BCUT2D eigenvalue weighted by Crippen LogP contribution is -2.19. The first-order valence-electron chi connectivity index (χ1n) is 7.17. The van der Waals surface area contributed by atoms with Crippen molar-refractivity contribution in [3.63, 3.8) is 0 Å². The Morgan fingerprint density at radius 3 is 2.33 bits per heavy atom. The molecule has 0 aromatic heterocycles. The van der Waals surface area contributed by atoms with Gasteiger partial charge in [-0.2, -0.15) is 0 Å². The molecule has 0 heterocycles. The number of ether oxygens (including phenoxy) is 1. The zero-order chi connectivity index (χ0) is 13.4. The molecule has 1 N–H and O–H groups in total. The third-order valence-electron chi connectivity index (χ3n) is 3.27. The van der Waals surface area contributed by atoms with Gasteiger partial charge in [-0.25, -0.2) is 0 Å². The smallest absolute Gasteiger partial charge is 0.119 e. The molecule has 102 valence electrons. The maximum Gasteiger partial charge on any atom is 0.119 e. The summed E-state index contributed by atoms with van der Waals surface area (Å²) in [5.41, 5.74) is 1.32. The van der Waals surface area contributed by atoms with Crippen molar-refractivity contribution < 1.29 is 4.74 Å². The molecule has 2 heteroatoms. The van der Waals surface area contributed by atoms with Crippen molar-refractivity contribution in [3.8, 4) is 5.75 Å². The molecule has 0 fully saturated rings. The van der Waals surface area contributed by atoms with E-state index in [4.69, 9.17) is 4.74 Å². The molecule has 0 bridgehead atoms. The fraction of sp³-hybridized carbons (Fsp3) is 0.625. The Kier molecular flexibility index (Phi) is 6.81. The molecule has 0 aliphatic carbocycles. The molecule has 2 atom stereocenters. The Hall–Kier alpha value is -1.02. The molecular formula is C16H27NO. The van der Waals surface area contributed by atoms with Gasteiger partial charge >= 0.3 is 0 Å². The molecule has 0 saturated heterocycles. The summed E-state index contributed by atoms with van der Waals surface area (Å²) in [6.07, 6.45) is 3.80. The molecule has 0 unspecified atom stereocenters. The second-order valence-corrected chi connectivity index (χ2v) is 4.94. The van der Waals surface area contributed by atoms with Gasteiger partial charge in [0.15, 0.2) is 0 Å². The van der Waals surface area contributed by atoms with Crippen molar-refractivity contribution in [3.05, 3.63) is 29.8 Å². The fourth-order valence-electron chi connectivity index (χ4n) is 1.76. The quantitative estimate of drug-likeness (QED) is 0.693. The summed E-state index contributed by atoms with van der Waals surface area (Å²) in [5, 5.41) is 3.53. The first-order chi connectivity index (χ1) is 8.67. The van der Waals surface area contributed by atoms with Gasteiger partial charge in [0, 0.05) is 6.04 Å². The van der Waals surface area contributed by atoms with E-state index in [0.29, 0.717) is 6.04 Å². The lowest BCUT2D eigenvalue weighted by atomic mass is 10.1. The third kappa shape index (κ3) is 5.09. The highest BCUT2D eigenvalue weighted by molar-refractivity contribution is 5.29. The third-order valence-corrected chi connectivity index (χ3v) is 3.27.